The molecule has 0 bridgehead atoms. The average molecular weight is 402 g/mol. The highest BCUT2D eigenvalue weighted by Gasteiger charge is 1.99. The number of aliphatic hydroxyl groups excluding tert-OH is 1. The predicted octanol–water partition coefficient (Wildman–Crippen LogP) is 5.01. The standard InChI is InChI=1S/C13H13BrO.C8H11NO/c14-9-4-10-15-13-8-3-6-11-5-1-2-7-12(11)13;10-6-2-4-8-3-1-5-9-7-8/h1-3,5-8H,4,9-10H2;1,3,5,7,10H,2,4,6H2. The molecule has 0 amide bonds. The summed E-state index contributed by atoms with van der Waals surface area (Å²) in [5, 5.41) is 11.9. The number of benzene rings is 2. The number of aromatic nitrogens is 1. The maximum Gasteiger partial charge on any atom is 0.127 e. The normalized spacial score (nSPS) is 10.2. The van der Waals surface area contributed by atoms with E-state index >= 15 is 0 Å². The second-order valence-corrected chi connectivity index (χ2v) is 6.35. The Labute approximate surface area is 157 Å². The molecule has 0 aliphatic rings. The second kappa shape index (κ2) is 11.6. The molecule has 0 aliphatic carbocycles. The highest BCUT2D eigenvalue weighted by atomic mass is 79.9. The third kappa shape index (κ3) is 6.85. The van der Waals surface area contributed by atoms with Crippen LogP contribution >= 0.6 is 15.9 Å². The van der Waals surface area contributed by atoms with Crippen molar-refractivity contribution in [2.75, 3.05) is 18.5 Å². The van der Waals surface area contributed by atoms with E-state index in [0.717, 1.165) is 36.9 Å². The minimum absolute atomic E-state index is 0.259. The number of pyridine rings is 1. The minimum atomic E-state index is 0.259. The number of hydrogen-bond acceptors (Lipinski definition) is 3. The Bertz CT molecular complexity index is 729. The second-order valence-electron chi connectivity index (χ2n) is 5.56. The maximum absolute atomic E-state index is 8.51. The summed E-state index contributed by atoms with van der Waals surface area (Å²) in [5.41, 5.74) is 1.19. The molecule has 132 valence electrons. The van der Waals surface area contributed by atoms with E-state index in [1.54, 1.807) is 6.20 Å². The fraction of sp³-hybridized carbons (Fsp3) is 0.286. The zero-order chi connectivity index (χ0) is 17.7. The van der Waals surface area contributed by atoms with Crippen molar-refractivity contribution in [1.29, 1.82) is 0 Å². The molecule has 0 radical (unpaired) electrons. The first-order valence-electron chi connectivity index (χ1n) is 8.51. The Morgan fingerprint density at radius 1 is 0.960 bits per heavy atom. The van der Waals surface area contributed by atoms with Crippen LogP contribution in [0.2, 0.25) is 0 Å². The van der Waals surface area contributed by atoms with Crippen LogP contribution in [-0.4, -0.2) is 28.6 Å². The largest absolute Gasteiger partial charge is 0.493 e. The Morgan fingerprint density at radius 2 is 1.80 bits per heavy atom. The monoisotopic (exact) mass is 401 g/mol. The number of alkyl halides is 1. The van der Waals surface area contributed by atoms with Crippen LogP contribution in [0.1, 0.15) is 18.4 Å². The van der Waals surface area contributed by atoms with E-state index in [1.165, 1.54) is 16.3 Å². The molecule has 3 nitrogen and oxygen atoms in total. The summed E-state index contributed by atoms with van der Waals surface area (Å²) in [6.45, 7) is 1.02. The van der Waals surface area contributed by atoms with Crippen LogP contribution in [0.25, 0.3) is 10.8 Å². The summed E-state index contributed by atoms with van der Waals surface area (Å²) in [6, 6.07) is 18.4. The summed E-state index contributed by atoms with van der Waals surface area (Å²) in [6.07, 6.45) is 6.36. The summed E-state index contributed by atoms with van der Waals surface area (Å²) in [5.74, 6) is 0.981. The van der Waals surface area contributed by atoms with Gasteiger partial charge in [0, 0.05) is 29.7 Å². The minimum Gasteiger partial charge on any atom is -0.493 e. The van der Waals surface area contributed by atoms with Crippen molar-refractivity contribution in [2.45, 2.75) is 19.3 Å². The molecule has 4 heteroatoms. The summed E-state index contributed by atoms with van der Waals surface area (Å²) in [7, 11) is 0. The fourth-order valence-electron chi connectivity index (χ4n) is 2.39. The molecule has 0 aliphatic heterocycles. The van der Waals surface area contributed by atoms with Gasteiger partial charge in [-0.3, -0.25) is 4.98 Å². The van der Waals surface area contributed by atoms with Crippen LogP contribution in [0, 0.1) is 0 Å². The topological polar surface area (TPSA) is 42.4 Å². The van der Waals surface area contributed by atoms with Gasteiger partial charge < -0.3 is 9.84 Å². The van der Waals surface area contributed by atoms with E-state index < -0.39 is 0 Å². The molecule has 3 rings (SSSR count). The van der Waals surface area contributed by atoms with Gasteiger partial charge >= 0.3 is 0 Å². The van der Waals surface area contributed by atoms with Gasteiger partial charge in [0.25, 0.3) is 0 Å². The van der Waals surface area contributed by atoms with Gasteiger partial charge in [-0.1, -0.05) is 58.4 Å². The van der Waals surface area contributed by atoms with Gasteiger partial charge in [-0.05, 0) is 42.3 Å². The molecule has 0 saturated heterocycles. The average Bonchev–Trinajstić information content (AvgIpc) is 2.68. The van der Waals surface area contributed by atoms with Gasteiger partial charge in [-0.25, -0.2) is 0 Å². The lowest BCUT2D eigenvalue weighted by Gasteiger charge is -2.08. The maximum atomic E-state index is 8.51. The van der Waals surface area contributed by atoms with Gasteiger partial charge in [0.15, 0.2) is 0 Å². The number of halogens is 1. The number of aliphatic hydroxyl groups is 1. The van der Waals surface area contributed by atoms with Crippen LogP contribution in [0.4, 0.5) is 0 Å². The highest BCUT2D eigenvalue weighted by Crippen LogP contribution is 2.25. The molecular weight excluding hydrogens is 378 g/mol. The lowest BCUT2D eigenvalue weighted by atomic mass is 10.1. The number of nitrogens with zero attached hydrogens (tertiary/aromatic N) is 1. The van der Waals surface area contributed by atoms with E-state index in [2.05, 4.69) is 39.1 Å². The molecule has 25 heavy (non-hydrogen) atoms. The van der Waals surface area contributed by atoms with E-state index in [-0.39, 0.29) is 6.61 Å². The van der Waals surface area contributed by atoms with Gasteiger partial charge in [0.05, 0.1) is 6.61 Å². The summed E-state index contributed by atoms with van der Waals surface area (Å²) < 4.78 is 5.73. The Hall–Kier alpha value is -1.91. The van der Waals surface area contributed by atoms with Crippen LogP contribution in [-0.2, 0) is 6.42 Å². The van der Waals surface area contributed by atoms with E-state index in [1.807, 2.05) is 42.6 Å². The first kappa shape index (κ1) is 19.4. The van der Waals surface area contributed by atoms with Crippen LogP contribution in [0.3, 0.4) is 0 Å². The van der Waals surface area contributed by atoms with E-state index in [9.17, 15) is 0 Å². The molecular formula is C21H24BrNO2. The summed E-state index contributed by atoms with van der Waals surface area (Å²) >= 11 is 3.39. The van der Waals surface area contributed by atoms with Crippen LogP contribution < -0.4 is 4.74 Å². The molecule has 1 aromatic heterocycles. The highest BCUT2D eigenvalue weighted by molar-refractivity contribution is 9.09. The lowest BCUT2D eigenvalue weighted by Crippen LogP contribution is -1.97. The van der Waals surface area contributed by atoms with Gasteiger partial charge in [0.1, 0.15) is 5.75 Å². The van der Waals surface area contributed by atoms with Gasteiger partial charge in [0.2, 0.25) is 0 Å². The molecule has 0 atom stereocenters. The SMILES string of the molecule is BrCCCOc1cccc2ccccc12.OCCCc1cccnc1. The van der Waals surface area contributed by atoms with Crippen molar-refractivity contribution in [3.05, 3.63) is 72.6 Å². The molecule has 0 unspecified atom stereocenters. The fourth-order valence-corrected chi connectivity index (χ4v) is 2.62. The van der Waals surface area contributed by atoms with Crippen molar-refractivity contribution < 1.29 is 9.84 Å². The molecule has 3 aromatic rings. The van der Waals surface area contributed by atoms with Crippen molar-refractivity contribution in [3.8, 4) is 5.75 Å². The lowest BCUT2D eigenvalue weighted by molar-refractivity contribution is 0.288. The number of fused-ring (bicyclic) bond motifs is 1. The van der Waals surface area contributed by atoms with Crippen molar-refractivity contribution in [2.24, 2.45) is 0 Å². The van der Waals surface area contributed by atoms with Crippen molar-refractivity contribution in [3.63, 3.8) is 0 Å². The number of aryl methyl sites for hydroxylation is 1. The molecule has 0 spiro atoms. The molecule has 1 heterocycles. The third-order valence-corrected chi connectivity index (χ3v) is 4.19. The molecule has 2 aromatic carbocycles. The van der Waals surface area contributed by atoms with E-state index in [4.69, 9.17) is 9.84 Å². The quantitative estimate of drug-likeness (QED) is 0.446. The number of ether oxygens (including phenoxy) is 1. The Morgan fingerprint density at radius 3 is 2.56 bits per heavy atom. The molecule has 1 N–H and O–H groups in total. The number of hydrogen-bond donors (Lipinski definition) is 1. The van der Waals surface area contributed by atoms with Crippen LogP contribution in [0.5, 0.6) is 5.75 Å². The Balaban J connectivity index is 0.000000196. The predicted molar refractivity (Wildman–Crippen MR) is 107 cm³/mol. The zero-order valence-electron chi connectivity index (χ0n) is 14.3. The van der Waals surface area contributed by atoms with Crippen molar-refractivity contribution in [1.82, 2.24) is 4.98 Å². The first-order valence-corrected chi connectivity index (χ1v) is 9.63. The van der Waals surface area contributed by atoms with Gasteiger partial charge in [-0.2, -0.15) is 0 Å². The molecule has 0 saturated carbocycles. The van der Waals surface area contributed by atoms with E-state index in [0.29, 0.717) is 0 Å². The zero-order valence-corrected chi connectivity index (χ0v) is 15.9. The van der Waals surface area contributed by atoms with Crippen LogP contribution in [0.15, 0.2) is 67.0 Å². The third-order valence-electron chi connectivity index (χ3n) is 3.63. The van der Waals surface area contributed by atoms with Crippen molar-refractivity contribution >= 4 is 26.7 Å². The summed E-state index contributed by atoms with van der Waals surface area (Å²) in [4.78, 5) is 3.96. The number of rotatable bonds is 7. The smallest absolute Gasteiger partial charge is 0.127 e. The van der Waals surface area contributed by atoms with Gasteiger partial charge in [-0.15, -0.1) is 0 Å². The first-order chi connectivity index (χ1) is 12.3. The molecule has 0 fully saturated rings. The Kier molecular flexibility index (Phi) is 9.02.